The highest BCUT2D eigenvalue weighted by Crippen LogP contribution is 2.28. The molecule has 0 spiro atoms. The number of aliphatic hydroxyl groups is 1. The normalized spacial score (nSPS) is 13.0. The minimum absolute atomic E-state index is 0.553. The topological polar surface area (TPSA) is 38.0 Å². The van der Waals surface area contributed by atoms with Gasteiger partial charge in [0.25, 0.3) is 0 Å². The smallest absolute Gasteiger partial charge is 0.137 e. The number of benzene rings is 1. The van der Waals surface area contributed by atoms with Gasteiger partial charge in [-0.25, -0.2) is 4.98 Å². The molecule has 18 heavy (non-hydrogen) atoms. The molecule has 2 heterocycles. The van der Waals surface area contributed by atoms with Crippen LogP contribution >= 0.6 is 11.3 Å². The van der Waals surface area contributed by atoms with Gasteiger partial charge in [-0.2, -0.15) is 0 Å². The maximum atomic E-state index is 10.2. The predicted octanol–water partition coefficient (Wildman–Crippen LogP) is 2.91. The van der Waals surface area contributed by atoms with Gasteiger partial charge in [-0.1, -0.05) is 18.2 Å². The Hall–Kier alpha value is -1.65. The number of aryl methyl sites for hydroxylation is 1. The van der Waals surface area contributed by atoms with Crippen LogP contribution in [-0.4, -0.2) is 14.7 Å². The van der Waals surface area contributed by atoms with Gasteiger partial charge in [-0.3, -0.25) is 0 Å². The zero-order chi connectivity index (χ0) is 12.5. The third-order valence-corrected chi connectivity index (χ3v) is 4.14. The molecule has 0 bridgehead atoms. The van der Waals surface area contributed by atoms with Crippen LogP contribution in [-0.2, 0) is 13.5 Å². The van der Waals surface area contributed by atoms with Gasteiger partial charge in [0.2, 0.25) is 0 Å². The van der Waals surface area contributed by atoms with Gasteiger partial charge in [0.05, 0.1) is 0 Å². The van der Waals surface area contributed by atoms with E-state index < -0.39 is 6.10 Å². The Morgan fingerprint density at radius 3 is 3.00 bits per heavy atom. The molecule has 3 nitrogen and oxygen atoms in total. The minimum atomic E-state index is -0.553. The van der Waals surface area contributed by atoms with E-state index in [2.05, 4.69) is 22.5 Å². The number of fused-ring (bicyclic) bond motifs is 1. The van der Waals surface area contributed by atoms with Gasteiger partial charge in [-0.15, -0.1) is 11.3 Å². The van der Waals surface area contributed by atoms with Crippen LogP contribution in [0, 0.1) is 0 Å². The first-order chi connectivity index (χ1) is 8.75. The van der Waals surface area contributed by atoms with Crippen molar-refractivity contribution in [3.05, 3.63) is 53.4 Å². The largest absolute Gasteiger partial charge is 0.385 e. The standard InChI is InChI=1S/C14H14N2OS/c1-16-7-6-15-14(16)12(17)8-10-9-18-13-5-3-2-4-11(10)13/h2-7,9,12,17H,8H2,1H3. The number of rotatable bonds is 3. The maximum absolute atomic E-state index is 10.2. The van der Waals surface area contributed by atoms with Crippen molar-refractivity contribution in [3.63, 3.8) is 0 Å². The molecule has 0 saturated carbocycles. The molecule has 3 aromatic rings. The summed E-state index contributed by atoms with van der Waals surface area (Å²) >= 11 is 1.72. The molecule has 1 atom stereocenters. The van der Waals surface area contributed by atoms with E-state index in [-0.39, 0.29) is 0 Å². The Kier molecular flexibility index (Phi) is 2.89. The van der Waals surface area contributed by atoms with Gasteiger partial charge in [0.15, 0.2) is 0 Å². The molecule has 0 aliphatic heterocycles. The highest BCUT2D eigenvalue weighted by Gasteiger charge is 2.15. The summed E-state index contributed by atoms with van der Waals surface area (Å²) in [6, 6.07) is 8.28. The molecular weight excluding hydrogens is 244 g/mol. The SMILES string of the molecule is Cn1ccnc1C(O)Cc1csc2ccccc12. The Bertz CT molecular complexity index is 671. The average molecular weight is 258 g/mol. The summed E-state index contributed by atoms with van der Waals surface area (Å²) in [5.74, 6) is 0.713. The molecule has 0 fully saturated rings. The highest BCUT2D eigenvalue weighted by atomic mass is 32.1. The molecule has 92 valence electrons. The van der Waals surface area contributed by atoms with Crippen LogP contribution in [0.1, 0.15) is 17.5 Å². The molecule has 0 aliphatic rings. The maximum Gasteiger partial charge on any atom is 0.137 e. The van der Waals surface area contributed by atoms with Crippen LogP contribution in [0.5, 0.6) is 0 Å². The fraction of sp³-hybridized carbons (Fsp3) is 0.214. The van der Waals surface area contributed by atoms with E-state index >= 15 is 0 Å². The number of imidazole rings is 1. The molecule has 0 saturated heterocycles. The van der Waals surface area contributed by atoms with Gasteiger partial charge in [-0.05, 0) is 22.4 Å². The second-order valence-electron chi connectivity index (χ2n) is 4.37. The van der Waals surface area contributed by atoms with Gasteiger partial charge >= 0.3 is 0 Å². The first kappa shape index (κ1) is 11.4. The number of aromatic nitrogens is 2. The summed E-state index contributed by atoms with van der Waals surface area (Å²) in [4.78, 5) is 4.19. The second-order valence-corrected chi connectivity index (χ2v) is 5.28. The molecule has 1 N–H and O–H groups in total. The first-order valence-corrected chi connectivity index (χ1v) is 6.74. The zero-order valence-corrected chi connectivity index (χ0v) is 10.9. The van der Waals surface area contributed by atoms with Crippen LogP contribution in [0.4, 0.5) is 0 Å². The molecule has 1 aromatic carbocycles. The fourth-order valence-electron chi connectivity index (χ4n) is 2.19. The highest BCUT2D eigenvalue weighted by molar-refractivity contribution is 7.17. The van der Waals surface area contributed by atoms with E-state index in [4.69, 9.17) is 0 Å². The van der Waals surface area contributed by atoms with Crippen LogP contribution in [0.25, 0.3) is 10.1 Å². The van der Waals surface area contributed by atoms with E-state index in [1.807, 2.05) is 29.9 Å². The summed E-state index contributed by atoms with van der Waals surface area (Å²) in [7, 11) is 1.90. The molecular formula is C14H14N2OS. The lowest BCUT2D eigenvalue weighted by Crippen LogP contribution is -2.08. The van der Waals surface area contributed by atoms with Crippen molar-refractivity contribution in [2.45, 2.75) is 12.5 Å². The number of hydrogen-bond acceptors (Lipinski definition) is 3. The third kappa shape index (κ3) is 1.94. The molecule has 2 aromatic heterocycles. The van der Waals surface area contributed by atoms with Crippen LogP contribution < -0.4 is 0 Å². The van der Waals surface area contributed by atoms with Crippen molar-refractivity contribution < 1.29 is 5.11 Å². The summed E-state index contributed by atoms with van der Waals surface area (Å²) in [5, 5.41) is 13.6. The number of nitrogens with zero attached hydrogens (tertiary/aromatic N) is 2. The monoisotopic (exact) mass is 258 g/mol. The van der Waals surface area contributed by atoms with Crippen molar-refractivity contribution in [2.75, 3.05) is 0 Å². The number of thiophene rings is 1. The summed E-state index contributed by atoms with van der Waals surface area (Å²) < 4.78 is 3.12. The molecule has 0 amide bonds. The van der Waals surface area contributed by atoms with Crippen LogP contribution in [0.15, 0.2) is 42.0 Å². The zero-order valence-electron chi connectivity index (χ0n) is 10.1. The molecule has 3 rings (SSSR count). The molecule has 1 unspecified atom stereocenters. The van der Waals surface area contributed by atoms with E-state index in [1.54, 1.807) is 17.5 Å². The summed E-state index contributed by atoms with van der Waals surface area (Å²) in [6.07, 6.45) is 3.62. The Balaban J connectivity index is 1.91. The molecule has 0 aliphatic carbocycles. The van der Waals surface area contributed by atoms with Crippen LogP contribution in [0.3, 0.4) is 0 Å². The van der Waals surface area contributed by atoms with Crippen molar-refractivity contribution in [2.24, 2.45) is 7.05 Å². The minimum Gasteiger partial charge on any atom is -0.385 e. The molecule has 0 radical (unpaired) electrons. The lowest BCUT2D eigenvalue weighted by molar-refractivity contribution is 0.165. The third-order valence-electron chi connectivity index (χ3n) is 3.13. The van der Waals surface area contributed by atoms with Crippen molar-refractivity contribution in [3.8, 4) is 0 Å². The lowest BCUT2D eigenvalue weighted by Gasteiger charge is -2.09. The van der Waals surface area contributed by atoms with E-state index in [9.17, 15) is 5.11 Å². The van der Waals surface area contributed by atoms with Crippen LogP contribution in [0.2, 0.25) is 0 Å². The second kappa shape index (κ2) is 4.55. The molecule has 4 heteroatoms. The summed E-state index contributed by atoms with van der Waals surface area (Å²) in [6.45, 7) is 0. The van der Waals surface area contributed by atoms with Gasteiger partial charge < -0.3 is 9.67 Å². The predicted molar refractivity (Wildman–Crippen MR) is 73.7 cm³/mol. The Morgan fingerprint density at radius 1 is 1.39 bits per heavy atom. The Labute approximate surface area is 109 Å². The van der Waals surface area contributed by atoms with E-state index in [0.29, 0.717) is 12.2 Å². The van der Waals surface area contributed by atoms with Crippen molar-refractivity contribution in [1.82, 2.24) is 9.55 Å². The van der Waals surface area contributed by atoms with E-state index in [1.165, 1.54) is 15.6 Å². The lowest BCUT2D eigenvalue weighted by atomic mass is 10.1. The van der Waals surface area contributed by atoms with Gasteiger partial charge in [0, 0.05) is 30.6 Å². The first-order valence-electron chi connectivity index (χ1n) is 5.86. The number of aliphatic hydroxyl groups excluding tert-OH is 1. The number of hydrogen-bond donors (Lipinski definition) is 1. The fourth-order valence-corrected chi connectivity index (χ4v) is 3.16. The van der Waals surface area contributed by atoms with Crippen molar-refractivity contribution >= 4 is 21.4 Å². The summed E-state index contributed by atoms with van der Waals surface area (Å²) in [5.41, 5.74) is 1.19. The quantitative estimate of drug-likeness (QED) is 0.784. The van der Waals surface area contributed by atoms with E-state index in [0.717, 1.165) is 0 Å². The average Bonchev–Trinajstić information content (AvgIpc) is 2.97. The Morgan fingerprint density at radius 2 is 2.22 bits per heavy atom. The van der Waals surface area contributed by atoms with Gasteiger partial charge in [0.1, 0.15) is 11.9 Å². The van der Waals surface area contributed by atoms with Crippen molar-refractivity contribution in [1.29, 1.82) is 0 Å².